The second-order valence-corrected chi connectivity index (χ2v) is 7.59. The van der Waals surface area contributed by atoms with Crippen molar-refractivity contribution in [3.05, 3.63) is 40.0 Å². The number of thiophene rings is 1. The van der Waals surface area contributed by atoms with Crippen LogP contribution in [-0.4, -0.2) is 13.4 Å². The molecule has 20 heavy (non-hydrogen) atoms. The summed E-state index contributed by atoms with van der Waals surface area (Å²) in [6.45, 7) is 0.210. The van der Waals surface area contributed by atoms with Crippen LogP contribution in [0.25, 0.3) is 10.2 Å². The average molecular weight is 325 g/mol. The maximum absolute atomic E-state index is 12.3. The fraction of sp³-hybridized carbons (Fsp3) is 0.0833. The van der Waals surface area contributed by atoms with E-state index < -0.39 is 10.0 Å². The van der Waals surface area contributed by atoms with Crippen molar-refractivity contribution in [1.82, 2.24) is 4.98 Å². The molecule has 0 radical (unpaired) electrons. The summed E-state index contributed by atoms with van der Waals surface area (Å²) in [6, 6.07) is 6.84. The molecule has 0 saturated heterocycles. The van der Waals surface area contributed by atoms with E-state index in [4.69, 9.17) is 5.73 Å². The van der Waals surface area contributed by atoms with Crippen LogP contribution in [-0.2, 0) is 16.6 Å². The third-order valence-corrected chi connectivity index (χ3v) is 6.09. The Morgan fingerprint density at radius 3 is 2.90 bits per heavy atom. The number of nitrogens with one attached hydrogen (secondary N) is 1. The van der Waals surface area contributed by atoms with Crippen molar-refractivity contribution in [3.63, 3.8) is 0 Å². The largest absolute Gasteiger partial charge is 0.326 e. The van der Waals surface area contributed by atoms with Crippen molar-refractivity contribution in [2.45, 2.75) is 11.4 Å². The average Bonchev–Trinajstić information content (AvgIpc) is 3.06. The molecule has 3 rings (SSSR count). The van der Waals surface area contributed by atoms with Gasteiger partial charge >= 0.3 is 0 Å². The molecule has 2 heterocycles. The number of hydrogen-bond acceptors (Lipinski definition) is 6. The van der Waals surface area contributed by atoms with E-state index in [9.17, 15) is 8.42 Å². The lowest BCUT2D eigenvalue weighted by Crippen LogP contribution is -2.14. The lowest BCUT2D eigenvalue weighted by atomic mass is 10.3. The number of thiazole rings is 1. The van der Waals surface area contributed by atoms with E-state index in [1.807, 2.05) is 0 Å². The monoisotopic (exact) mass is 325 g/mol. The summed E-state index contributed by atoms with van der Waals surface area (Å²) in [5, 5.41) is 1.73. The van der Waals surface area contributed by atoms with Crippen molar-refractivity contribution < 1.29 is 8.42 Å². The Bertz CT molecular complexity index is 852. The molecule has 3 N–H and O–H groups in total. The Labute approximate surface area is 124 Å². The molecule has 3 aromatic rings. The van der Waals surface area contributed by atoms with Gasteiger partial charge in [-0.25, -0.2) is 13.4 Å². The van der Waals surface area contributed by atoms with Gasteiger partial charge in [-0.1, -0.05) is 0 Å². The first-order valence-electron chi connectivity index (χ1n) is 5.72. The SMILES string of the molecule is NCc1sccc1S(=O)(=O)Nc1ccc2ncsc2c1. The highest BCUT2D eigenvalue weighted by Gasteiger charge is 2.19. The zero-order chi connectivity index (χ0) is 14.2. The number of aromatic nitrogens is 1. The Morgan fingerprint density at radius 2 is 2.10 bits per heavy atom. The van der Waals surface area contributed by atoms with Crippen molar-refractivity contribution >= 4 is 48.6 Å². The number of nitrogens with zero attached hydrogens (tertiary/aromatic N) is 1. The van der Waals surface area contributed by atoms with Crippen LogP contribution in [0.1, 0.15) is 4.88 Å². The maximum Gasteiger partial charge on any atom is 0.263 e. The predicted octanol–water partition coefficient (Wildman–Crippen LogP) is 2.62. The normalized spacial score (nSPS) is 11.8. The fourth-order valence-electron chi connectivity index (χ4n) is 1.85. The summed E-state index contributed by atoms with van der Waals surface area (Å²) in [5.74, 6) is 0. The summed E-state index contributed by atoms with van der Waals surface area (Å²) >= 11 is 2.81. The van der Waals surface area contributed by atoms with E-state index in [1.165, 1.54) is 22.7 Å². The van der Waals surface area contributed by atoms with Crippen LogP contribution >= 0.6 is 22.7 Å². The van der Waals surface area contributed by atoms with Gasteiger partial charge in [0.15, 0.2) is 0 Å². The van der Waals surface area contributed by atoms with Crippen LogP contribution in [0.15, 0.2) is 40.1 Å². The van der Waals surface area contributed by atoms with Gasteiger partial charge in [0.1, 0.15) is 4.90 Å². The summed E-state index contributed by atoms with van der Waals surface area (Å²) < 4.78 is 28.2. The van der Waals surface area contributed by atoms with Gasteiger partial charge in [0, 0.05) is 11.4 Å². The number of fused-ring (bicyclic) bond motifs is 1. The topological polar surface area (TPSA) is 85.1 Å². The molecular weight excluding hydrogens is 314 g/mol. The summed E-state index contributed by atoms with van der Waals surface area (Å²) in [4.78, 5) is 5.05. The minimum Gasteiger partial charge on any atom is -0.326 e. The minimum absolute atomic E-state index is 0.210. The van der Waals surface area contributed by atoms with E-state index in [1.54, 1.807) is 35.2 Å². The van der Waals surface area contributed by atoms with Crippen LogP contribution in [0, 0.1) is 0 Å². The number of rotatable bonds is 4. The molecule has 1 aromatic carbocycles. The summed E-state index contributed by atoms with van der Waals surface area (Å²) in [5.41, 5.74) is 8.67. The molecule has 0 unspecified atom stereocenters. The third-order valence-electron chi connectivity index (χ3n) is 2.76. The highest BCUT2D eigenvalue weighted by atomic mass is 32.2. The molecule has 5 nitrogen and oxygen atoms in total. The van der Waals surface area contributed by atoms with Gasteiger partial charge in [-0.15, -0.1) is 22.7 Å². The van der Waals surface area contributed by atoms with Crippen molar-refractivity contribution in [2.24, 2.45) is 5.73 Å². The van der Waals surface area contributed by atoms with Gasteiger partial charge in [-0.05, 0) is 29.6 Å². The molecule has 8 heteroatoms. The first-order chi connectivity index (χ1) is 9.60. The molecule has 0 bridgehead atoms. The van der Waals surface area contributed by atoms with Gasteiger partial charge < -0.3 is 5.73 Å². The first kappa shape index (κ1) is 13.5. The predicted molar refractivity (Wildman–Crippen MR) is 82.6 cm³/mol. The minimum atomic E-state index is -3.60. The number of hydrogen-bond donors (Lipinski definition) is 2. The molecule has 0 aliphatic rings. The second-order valence-electron chi connectivity index (χ2n) is 4.05. The molecule has 0 atom stereocenters. The number of sulfonamides is 1. The van der Waals surface area contributed by atoms with Gasteiger partial charge in [-0.2, -0.15) is 0 Å². The number of benzene rings is 1. The van der Waals surface area contributed by atoms with Crippen LogP contribution in [0.2, 0.25) is 0 Å². The zero-order valence-corrected chi connectivity index (χ0v) is 12.7. The molecule has 2 aromatic heterocycles. The number of anilines is 1. The van der Waals surface area contributed by atoms with E-state index in [0.29, 0.717) is 10.6 Å². The van der Waals surface area contributed by atoms with Gasteiger partial charge in [0.25, 0.3) is 10.0 Å². The second kappa shape index (κ2) is 5.13. The van der Waals surface area contributed by atoms with Crippen LogP contribution in [0.3, 0.4) is 0 Å². The smallest absolute Gasteiger partial charge is 0.263 e. The molecule has 0 aliphatic carbocycles. The van der Waals surface area contributed by atoms with E-state index in [0.717, 1.165) is 10.2 Å². The van der Waals surface area contributed by atoms with Crippen molar-refractivity contribution in [2.75, 3.05) is 4.72 Å². The number of nitrogens with two attached hydrogens (primary N) is 1. The Morgan fingerprint density at radius 1 is 1.25 bits per heavy atom. The lowest BCUT2D eigenvalue weighted by molar-refractivity contribution is 0.600. The van der Waals surface area contributed by atoms with E-state index >= 15 is 0 Å². The maximum atomic E-state index is 12.3. The standard InChI is InChI=1S/C12H11N3O2S3/c13-6-11-12(3-4-18-11)20(16,17)15-8-1-2-9-10(5-8)19-7-14-9/h1-5,7,15H,6,13H2. The molecule has 0 saturated carbocycles. The zero-order valence-electron chi connectivity index (χ0n) is 10.2. The summed E-state index contributed by atoms with van der Waals surface area (Å²) in [6.07, 6.45) is 0. The molecule has 0 fully saturated rings. The Balaban J connectivity index is 1.96. The molecule has 0 aliphatic heterocycles. The molecular formula is C12H11N3O2S3. The van der Waals surface area contributed by atoms with E-state index in [-0.39, 0.29) is 11.4 Å². The van der Waals surface area contributed by atoms with E-state index in [2.05, 4.69) is 9.71 Å². The molecule has 0 amide bonds. The Hall–Kier alpha value is -1.48. The van der Waals surface area contributed by atoms with Gasteiger partial charge in [-0.3, -0.25) is 4.72 Å². The van der Waals surface area contributed by atoms with Gasteiger partial charge in [0.2, 0.25) is 0 Å². The highest BCUT2D eigenvalue weighted by molar-refractivity contribution is 7.93. The third kappa shape index (κ3) is 2.42. The van der Waals surface area contributed by atoms with Crippen LogP contribution in [0.4, 0.5) is 5.69 Å². The van der Waals surface area contributed by atoms with Crippen LogP contribution in [0.5, 0.6) is 0 Å². The summed E-state index contributed by atoms with van der Waals surface area (Å²) in [7, 11) is -3.60. The Kier molecular flexibility index (Phi) is 3.47. The quantitative estimate of drug-likeness (QED) is 0.772. The lowest BCUT2D eigenvalue weighted by Gasteiger charge is -2.08. The molecule has 104 valence electrons. The van der Waals surface area contributed by atoms with Crippen molar-refractivity contribution in [1.29, 1.82) is 0 Å². The molecule has 0 spiro atoms. The highest BCUT2D eigenvalue weighted by Crippen LogP contribution is 2.26. The fourth-order valence-corrected chi connectivity index (χ4v) is 4.95. The van der Waals surface area contributed by atoms with Crippen LogP contribution < -0.4 is 10.5 Å². The first-order valence-corrected chi connectivity index (χ1v) is 8.97. The van der Waals surface area contributed by atoms with Crippen molar-refractivity contribution in [3.8, 4) is 0 Å². The van der Waals surface area contributed by atoms with Gasteiger partial charge in [0.05, 0.1) is 21.4 Å².